The molecule has 2 fully saturated rings. The predicted molar refractivity (Wildman–Crippen MR) is 100 cm³/mol. The van der Waals surface area contributed by atoms with Crippen LogP contribution in [0.15, 0.2) is 18.2 Å². The van der Waals surface area contributed by atoms with Crippen molar-refractivity contribution in [3.63, 3.8) is 0 Å². The Morgan fingerprint density at radius 1 is 1.04 bits per heavy atom. The van der Waals surface area contributed by atoms with Gasteiger partial charge in [-0.15, -0.1) is 0 Å². The molecule has 144 valence electrons. The van der Waals surface area contributed by atoms with Gasteiger partial charge in [0.25, 0.3) is 0 Å². The van der Waals surface area contributed by atoms with Gasteiger partial charge in [0.05, 0.1) is 6.10 Å². The molecule has 2 saturated carbocycles. The van der Waals surface area contributed by atoms with E-state index < -0.39 is 0 Å². The molecule has 4 heteroatoms. The first-order valence-corrected chi connectivity index (χ1v) is 10.0. The van der Waals surface area contributed by atoms with Gasteiger partial charge in [0, 0.05) is 14.2 Å². The highest BCUT2D eigenvalue weighted by atomic mass is 16.7. The summed E-state index contributed by atoms with van der Waals surface area (Å²) < 4.78 is 21.9. The molecule has 0 radical (unpaired) electrons. The molecule has 0 saturated heterocycles. The molecule has 3 aliphatic carbocycles. The van der Waals surface area contributed by atoms with Crippen molar-refractivity contribution in [2.45, 2.75) is 57.5 Å². The van der Waals surface area contributed by atoms with Gasteiger partial charge >= 0.3 is 0 Å². The fourth-order valence-electron chi connectivity index (χ4n) is 6.15. The van der Waals surface area contributed by atoms with E-state index in [4.69, 9.17) is 18.9 Å². The normalized spacial score (nSPS) is 35.5. The molecule has 0 aliphatic heterocycles. The van der Waals surface area contributed by atoms with E-state index in [0.717, 1.165) is 24.0 Å². The summed E-state index contributed by atoms with van der Waals surface area (Å²) in [6, 6.07) is 6.67. The van der Waals surface area contributed by atoms with Gasteiger partial charge in [-0.25, -0.2) is 0 Å². The molecule has 0 N–H and O–H groups in total. The highest BCUT2D eigenvalue weighted by molar-refractivity contribution is 5.40. The number of aryl methyl sites for hydroxylation is 1. The summed E-state index contributed by atoms with van der Waals surface area (Å²) in [5.41, 5.74) is 3.36. The van der Waals surface area contributed by atoms with Crippen molar-refractivity contribution < 1.29 is 18.9 Å². The topological polar surface area (TPSA) is 36.9 Å². The lowest BCUT2D eigenvalue weighted by Gasteiger charge is -2.50. The van der Waals surface area contributed by atoms with Crippen molar-refractivity contribution in [3.05, 3.63) is 29.3 Å². The smallest absolute Gasteiger partial charge is 0.188 e. The maximum atomic E-state index is 6.08. The molecule has 1 unspecified atom stereocenters. The second-order valence-electron chi connectivity index (χ2n) is 8.51. The molecule has 0 heterocycles. The van der Waals surface area contributed by atoms with Crippen molar-refractivity contribution in [2.24, 2.45) is 17.3 Å². The molecule has 4 rings (SSSR count). The van der Waals surface area contributed by atoms with Crippen LogP contribution < -0.4 is 4.74 Å². The summed E-state index contributed by atoms with van der Waals surface area (Å²) in [4.78, 5) is 0. The van der Waals surface area contributed by atoms with Crippen molar-refractivity contribution in [3.8, 4) is 5.75 Å². The summed E-state index contributed by atoms with van der Waals surface area (Å²) >= 11 is 0. The average molecular weight is 360 g/mol. The van der Waals surface area contributed by atoms with Gasteiger partial charge in [-0.3, -0.25) is 0 Å². The molecule has 4 nitrogen and oxygen atoms in total. The monoisotopic (exact) mass is 360 g/mol. The minimum absolute atomic E-state index is 0.314. The number of hydrogen-bond acceptors (Lipinski definition) is 4. The maximum Gasteiger partial charge on any atom is 0.188 e. The first-order chi connectivity index (χ1) is 12.7. The number of rotatable bonds is 6. The standard InChI is InChI=1S/C22H32O4/c1-22-11-10-18-17-7-5-16(25-13-23-2)12-15(17)4-6-19(18)20(22)8-9-21(22)26-14-24-3/h5,7,12,18-21H,4,6,8-11,13-14H2,1-3H3/t18-,19-,20+,21?,22+/m1/s1. The van der Waals surface area contributed by atoms with E-state index in [1.54, 1.807) is 19.8 Å². The molecule has 0 spiro atoms. The largest absolute Gasteiger partial charge is 0.468 e. The van der Waals surface area contributed by atoms with Gasteiger partial charge in [-0.2, -0.15) is 0 Å². The third-order valence-electron chi connectivity index (χ3n) is 7.34. The lowest BCUT2D eigenvalue weighted by molar-refractivity contribution is -0.125. The molecule has 1 aromatic carbocycles. The Kier molecular flexibility index (Phi) is 5.27. The van der Waals surface area contributed by atoms with E-state index in [9.17, 15) is 0 Å². The summed E-state index contributed by atoms with van der Waals surface area (Å²) in [7, 11) is 3.38. The third-order valence-corrected chi connectivity index (χ3v) is 7.34. The maximum absolute atomic E-state index is 6.08. The van der Waals surface area contributed by atoms with Crippen LogP contribution >= 0.6 is 0 Å². The van der Waals surface area contributed by atoms with Crippen molar-refractivity contribution in [2.75, 3.05) is 27.8 Å². The molecule has 0 bridgehead atoms. The molecular weight excluding hydrogens is 328 g/mol. The zero-order chi connectivity index (χ0) is 18.1. The van der Waals surface area contributed by atoms with Crippen molar-refractivity contribution in [1.82, 2.24) is 0 Å². The minimum atomic E-state index is 0.314. The lowest BCUT2D eigenvalue weighted by atomic mass is 9.55. The highest BCUT2D eigenvalue weighted by Crippen LogP contribution is 2.61. The number of hydrogen-bond donors (Lipinski definition) is 0. The first-order valence-electron chi connectivity index (χ1n) is 10.0. The van der Waals surface area contributed by atoms with Crippen molar-refractivity contribution in [1.29, 1.82) is 0 Å². The number of fused-ring (bicyclic) bond motifs is 5. The molecule has 0 aromatic heterocycles. The van der Waals surface area contributed by atoms with Crippen LogP contribution in [0.5, 0.6) is 5.75 Å². The van der Waals surface area contributed by atoms with Crippen LogP contribution in [0, 0.1) is 17.3 Å². The zero-order valence-electron chi connectivity index (χ0n) is 16.3. The second kappa shape index (κ2) is 7.49. The van der Waals surface area contributed by atoms with Gasteiger partial charge < -0.3 is 18.9 Å². The van der Waals surface area contributed by atoms with E-state index in [-0.39, 0.29) is 0 Å². The summed E-state index contributed by atoms with van der Waals surface area (Å²) in [6.45, 7) is 3.21. The molecule has 26 heavy (non-hydrogen) atoms. The number of methoxy groups -OCH3 is 2. The molecular formula is C22H32O4. The quantitative estimate of drug-likeness (QED) is 0.699. The van der Waals surface area contributed by atoms with Gasteiger partial charge in [0.15, 0.2) is 6.79 Å². The Morgan fingerprint density at radius 2 is 1.88 bits per heavy atom. The van der Waals surface area contributed by atoms with Gasteiger partial charge in [-0.05, 0) is 85.0 Å². The average Bonchev–Trinajstić information content (AvgIpc) is 3.00. The third kappa shape index (κ3) is 3.06. The minimum Gasteiger partial charge on any atom is -0.468 e. The molecule has 1 aromatic rings. The zero-order valence-corrected chi connectivity index (χ0v) is 16.3. The first kappa shape index (κ1) is 18.3. The van der Waals surface area contributed by atoms with Gasteiger partial charge in [0.2, 0.25) is 0 Å². The van der Waals surface area contributed by atoms with E-state index in [1.165, 1.54) is 37.7 Å². The van der Waals surface area contributed by atoms with Crippen LogP contribution in [0.25, 0.3) is 0 Å². The van der Waals surface area contributed by atoms with E-state index in [1.807, 2.05) is 0 Å². The summed E-state index contributed by atoms with van der Waals surface area (Å²) in [5, 5.41) is 0. The Hall–Kier alpha value is -1.10. The number of ether oxygens (including phenoxy) is 4. The Balaban J connectivity index is 1.53. The molecule has 5 atom stereocenters. The summed E-state index contributed by atoms with van der Waals surface area (Å²) in [6.07, 6.45) is 7.84. The Bertz CT molecular complexity index is 631. The van der Waals surface area contributed by atoms with Crippen molar-refractivity contribution >= 4 is 0 Å². The fraction of sp³-hybridized carbons (Fsp3) is 0.727. The summed E-state index contributed by atoms with van der Waals surface area (Å²) in [5.74, 6) is 3.21. The van der Waals surface area contributed by atoms with Crippen LogP contribution in [0.2, 0.25) is 0 Å². The second-order valence-corrected chi connectivity index (χ2v) is 8.51. The van der Waals surface area contributed by atoms with Gasteiger partial charge in [0.1, 0.15) is 12.5 Å². The van der Waals surface area contributed by atoms with Crippen LogP contribution in [-0.2, 0) is 20.6 Å². The Labute approximate surface area is 157 Å². The van der Waals surface area contributed by atoms with Crippen LogP contribution in [0.1, 0.15) is 56.1 Å². The van der Waals surface area contributed by atoms with Gasteiger partial charge in [-0.1, -0.05) is 13.0 Å². The molecule has 3 aliphatic rings. The molecule has 0 amide bonds. The van der Waals surface area contributed by atoms with Crippen LogP contribution in [0.4, 0.5) is 0 Å². The van der Waals surface area contributed by atoms with E-state index in [0.29, 0.717) is 31.0 Å². The predicted octanol–water partition coefficient (Wildman–Crippen LogP) is 4.51. The van der Waals surface area contributed by atoms with Crippen LogP contribution in [-0.4, -0.2) is 33.9 Å². The highest BCUT2D eigenvalue weighted by Gasteiger charge is 2.55. The van der Waals surface area contributed by atoms with E-state index in [2.05, 4.69) is 25.1 Å². The van der Waals surface area contributed by atoms with Crippen LogP contribution in [0.3, 0.4) is 0 Å². The van der Waals surface area contributed by atoms with E-state index >= 15 is 0 Å². The number of benzene rings is 1. The Morgan fingerprint density at radius 3 is 2.69 bits per heavy atom. The SMILES string of the molecule is COCOc1ccc2c(c1)CC[C@@H]1[C@@H]2CC[C@]2(C)C(OCOC)CC[C@@H]12. The lowest BCUT2D eigenvalue weighted by Crippen LogP contribution is -2.44. The fourth-order valence-corrected chi connectivity index (χ4v) is 6.15.